The summed E-state index contributed by atoms with van der Waals surface area (Å²) in [5.41, 5.74) is 3.69. The van der Waals surface area contributed by atoms with Crippen LogP contribution in [0.5, 0.6) is 5.75 Å². The van der Waals surface area contributed by atoms with Crippen molar-refractivity contribution in [3.05, 3.63) is 77.9 Å². The van der Waals surface area contributed by atoms with Crippen LogP contribution in [0, 0.1) is 0 Å². The number of aliphatic carboxylic acids is 1. The number of benzene rings is 3. The minimum atomic E-state index is -3.35. The molecule has 35 heavy (non-hydrogen) atoms. The molecular weight excluding hydrogens is 490 g/mol. The molecule has 2 N–H and O–H groups in total. The van der Waals surface area contributed by atoms with Gasteiger partial charge in [0.05, 0.1) is 16.6 Å². The van der Waals surface area contributed by atoms with E-state index in [1.54, 1.807) is 54.6 Å². The predicted octanol–water partition coefficient (Wildman–Crippen LogP) is 4.24. The van der Waals surface area contributed by atoms with Gasteiger partial charge in [0.1, 0.15) is 5.75 Å². The van der Waals surface area contributed by atoms with Gasteiger partial charge in [-0.25, -0.2) is 17.4 Å². The SMILES string of the molecule is CS(=O)(=O)c1cccc(-c2ccc(N(C3CCCc4c(OCC(=O)O)cccc43)S(=O)O)cc2)c1. The first-order valence-corrected chi connectivity index (χ1v) is 13.9. The van der Waals surface area contributed by atoms with Crippen molar-refractivity contribution in [2.24, 2.45) is 0 Å². The number of carboxylic acid groups (broad SMARTS) is 1. The average molecular weight is 516 g/mol. The lowest BCUT2D eigenvalue weighted by atomic mass is 9.87. The van der Waals surface area contributed by atoms with Crippen molar-refractivity contribution in [2.45, 2.75) is 30.2 Å². The highest BCUT2D eigenvalue weighted by molar-refractivity contribution is 7.90. The maximum atomic E-state index is 12.5. The molecule has 4 rings (SSSR count). The fraction of sp³-hybridized carbons (Fsp3) is 0.240. The molecule has 0 heterocycles. The minimum absolute atomic E-state index is 0.219. The number of hydrogen-bond donors (Lipinski definition) is 2. The summed E-state index contributed by atoms with van der Waals surface area (Å²) < 4.78 is 53.4. The Bertz CT molecular complexity index is 1370. The largest absolute Gasteiger partial charge is 0.482 e. The van der Waals surface area contributed by atoms with Gasteiger partial charge in [-0.15, -0.1) is 0 Å². The van der Waals surface area contributed by atoms with Crippen LogP contribution in [0.1, 0.15) is 30.0 Å². The smallest absolute Gasteiger partial charge is 0.341 e. The van der Waals surface area contributed by atoms with Crippen LogP contribution in [0.2, 0.25) is 0 Å². The van der Waals surface area contributed by atoms with E-state index < -0.39 is 39.7 Å². The van der Waals surface area contributed by atoms with Crippen LogP contribution in [0.3, 0.4) is 0 Å². The van der Waals surface area contributed by atoms with Crippen LogP contribution in [0.25, 0.3) is 11.1 Å². The standard InChI is InChI=1S/C25H25NO7S2/c1-35(31,32)20-6-2-5-18(15-20)17-11-13-19(14-12-17)26(34(29)30)23-9-3-8-22-21(23)7-4-10-24(22)33-16-25(27)28/h2,4-7,10-15,23H,3,8-9,16H2,1H3,(H,27,28)(H,29,30). The second-order valence-corrected chi connectivity index (χ2v) is 11.2. The number of carbonyl (C=O) groups is 1. The van der Waals surface area contributed by atoms with Crippen LogP contribution >= 0.6 is 0 Å². The predicted molar refractivity (Wildman–Crippen MR) is 133 cm³/mol. The molecule has 0 saturated heterocycles. The number of ether oxygens (including phenoxy) is 1. The molecule has 0 aromatic heterocycles. The highest BCUT2D eigenvalue weighted by Gasteiger charge is 2.31. The Morgan fingerprint density at radius 1 is 1.09 bits per heavy atom. The van der Waals surface area contributed by atoms with E-state index in [0.29, 0.717) is 24.3 Å². The molecule has 0 spiro atoms. The maximum Gasteiger partial charge on any atom is 0.341 e. The van der Waals surface area contributed by atoms with Gasteiger partial charge < -0.3 is 9.84 Å². The van der Waals surface area contributed by atoms with Gasteiger partial charge in [0, 0.05) is 6.26 Å². The molecule has 0 aliphatic heterocycles. The molecule has 0 saturated carbocycles. The van der Waals surface area contributed by atoms with E-state index in [2.05, 4.69) is 0 Å². The van der Waals surface area contributed by atoms with Gasteiger partial charge in [-0.2, -0.15) is 0 Å². The van der Waals surface area contributed by atoms with Gasteiger partial charge in [0.25, 0.3) is 11.3 Å². The summed E-state index contributed by atoms with van der Waals surface area (Å²) in [6.07, 6.45) is 3.22. The Morgan fingerprint density at radius 3 is 2.46 bits per heavy atom. The molecule has 1 aliphatic rings. The number of hydrogen-bond acceptors (Lipinski definition) is 5. The van der Waals surface area contributed by atoms with E-state index in [1.807, 2.05) is 12.1 Å². The number of sulfone groups is 1. The topological polar surface area (TPSA) is 121 Å². The van der Waals surface area contributed by atoms with Crippen molar-refractivity contribution >= 4 is 32.8 Å². The van der Waals surface area contributed by atoms with Gasteiger partial charge in [-0.3, -0.25) is 8.86 Å². The molecule has 0 radical (unpaired) electrons. The molecule has 2 unspecified atom stereocenters. The van der Waals surface area contributed by atoms with Gasteiger partial charge >= 0.3 is 5.97 Å². The van der Waals surface area contributed by atoms with E-state index in [-0.39, 0.29) is 4.90 Å². The summed E-state index contributed by atoms with van der Waals surface area (Å²) in [6, 6.07) is 18.6. The van der Waals surface area contributed by atoms with Crippen LogP contribution in [-0.4, -0.2) is 41.1 Å². The first-order chi connectivity index (χ1) is 16.6. The summed E-state index contributed by atoms with van der Waals surface area (Å²) in [5, 5.41) is 8.96. The van der Waals surface area contributed by atoms with Crippen molar-refractivity contribution in [3.8, 4) is 16.9 Å². The third-order valence-electron chi connectivity index (χ3n) is 5.95. The first kappa shape index (κ1) is 24.9. The summed E-state index contributed by atoms with van der Waals surface area (Å²) in [5.74, 6) is -0.602. The molecule has 1 aliphatic carbocycles. The Morgan fingerprint density at radius 2 is 1.80 bits per heavy atom. The lowest BCUT2D eigenvalue weighted by Gasteiger charge is -2.35. The summed E-state index contributed by atoms with van der Waals surface area (Å²) in [7, 11) is -3.35. The molecule has 0 bridgehead atoms. The van der Waals surface area contributed by atoms with E-state index in [4.69, 9.17) is 9.84 Å². The summed E-state index contributed by atoms with van der Waals surface area (Å²) in [6.45, 7) is -0.460. The number of rotatable bonds is 8. The molecule has 0 amide bonds. The third kappa shape index (κ3) is 5.55. The van der Waals surface area contributed by atoms with Crippen molar-refractivity contribution in [3.63, 3.8) is 0 Å². The van der Waals surface area contributed by atoms with Gasteiger partial charge in [0.15, 0.2) is 16.4 Å². The van der Waals surface area contributed by atoms with Crippen molar-refractivity contribution < 1.29 is 31.8 Å². The third-order valence-corrected chi connectivity index (χ3v) is 7.86. The van der Waals surface area contributed by atoms with Crippen molar-refractivity contribution in [2.75, 3.05) is 17.2 Å². The summed E-state index contributed by atoms with van der Waals surface area (Å²) >= 11 is -2.32. The Kier molecular flexibility index (Phi) is 7.25. The van der Waals surface area contributed by atoms with Crippen LogP contribution in [-0.2, 0) is 32.3 Å². The molecule has 8 nitrogen and oxygen atoms in total. The Labute approximate surface area is 206 Å². The molecule has 3 aromatic carbocycles. The van der Waals surface area contributed by atoms with Crippen LogP contribution < -0.4 is 9.04 Å². The Hall–Kier alpha value is -3.21. The van der Waals surface area contributed by atoms with E-state index in [9.17, 15) is 22.0 Å². The number of nitrogens with zero attached hydrogens (tertiary/aromatic N) is 1. The van der Waals surface area contributed by atoms with Gasteiger partial charge in [-0.05, 0) is 71.8 Å². The van der Waals surface area contributed by atoms with Gasteiger partial charge in [0.2, 0.25) is 0 Å². The molecule has 3 aromatic rings. The Balaban J connectivity index is 1.67. The maximum absolute atomic E-state index is 12.5. The summed E-state index contributed by atoms with van der Waals surface area (Å²) in [4.78, 5) is 11.2. The normalized spacial score (nSPS) is 16.2. The van der Waals surface area contributed by atoms with Crippen molar-refractivity contribution in [1.29, 1.82) is 0 Å². The van der Waals surface area contributed by atoms with Crippen molar-refractivity contribution in [1.82, 2.24) is 0 Å². The lowest BCUT2D eigenvalue weighted by molar-refractivity contribution is -0.139. The quantitative estimate of drug-likeness (QED) is 0.430. The van der Waals surface area contributed by atoms with E-state index >= 15 is 0 Å². The zero-order valence-corrected chi connectivity index (χ0v) is 20.6. The number of fused-ring (bicyclic) bond motifs is 1. The first-order valence-electron chi connectivity index (χ1n) is 10.9. The highest BCUT2D eigenvalue weighted by atomic mass is 32.2. The fourth-order valence-electron chi connectivity index (χ4n) is 4.39. The molecule has 0 fully saturated rings. The number of anilines is 1. The fourth-order valence-corrected chi connectivity index (χ4v) is 5.80. The monoisotopic (exact) mass is 515 g/mol. The van der Waals surface area contributed by atoms with Gasteiger partial charge in [-0.1, -0.05) is 36.4 Å². The van der Waals surface area contributed by atoms with E-state index in [0.717, 1.165) is 34.9 Å². The molecule has 2 atom stereocenters. The van der Waals surface area contributed by atoms with E-state index in [1.165, 1.54) is 4.31 Å². The molecule has 184 valence electrons. The zero-order chi connectivity index (χ0) is 25.2. The highest BCUT2D eigenvalue weighted by Crippen LogP contribution is 2.41. The average Bonchev–Trinajstić information content (AvgIpc) is 2.83. The molecule has 10 heteroatoms. The second kappa shape index (κ2) is 10.2. The minimum Gasteiger partial charge on any atom is -0.482 e. The number of carboxylic acids is 1. The second-order valence-electron chi connectivity index (χ2n) is 8.32. The zero-order valence-electron chi connectivity index (χ0n) is 19.0. The van der Waals surface area contributed by atoms with Crippen LogP contribution in [0.4, 0.5) is 5.69 Å². The van der Waals surface area contributed by atoms with Crippen LogP contribution in [0.15, 0.2) is 71.6 Å². The lowest BCUT2D eigenvalue weighted by Crippen LogP contribution is -2.33. The molecular formula is C25H25NO7S2.